The Balaban J connectivity index is 2.23. The highest BCUT2D eigenvalue weighted by atomic mass is 16.5. The Labute approximate surface area is 112 Å². The molecule has 4 heteroatoms. The van der Waals surface area contributed by atoms with Gasteiger partial charge in [0.2, 0.25) is 5.88 Å². The van der Waals surface area contributed by atoms with Crippen molar-refractivity contribution in [1.29, 1.82) is 0 Å². The van der Waals surface area contributed by atoms with Crippen LogP contribution in [0.25, 0.3) is 0 Å². The van der Waals surface area contributed by atoms with E-state index in [0.717, 1.165) is 5.56 Å². The highest BCUT2D eigenvalue weighted by Crippen LogP contribution is 2.16. The molecule has 2 aromatic rings. The predicted molar refractivity (Wildman–Crippen MR) is 72.5 cm³/mol. The van der Waals surface area contributed by atoms with Gasteiger partial charge in [-0.05, 0) is 30.5 Å². The van der Waals surface area contributed by atoms with Crippen molar-refractivity contribution in [3.05, 3.63) is 53.0 Å². The van der Waals surface area contributed by atoms with Crippen LogP contribution in [0, 0.1) is 13.8 Å². The van der Waals surface area contributed by atoms with Gasteiger partial charge >= 0.3 is 0 Å². The Hall–Kier alpha value is -2.23. The monoisotopic (exact) mass is 256 g/mol. The highest BCUT2D eigenvalue weighted by molar-refractivity contribution is 5.97. The quantitative estimate of drug-likeness (QED) is 0.789. The summed E-state index contributed by atoms with van der Waals surface area (Å²) in [5.74, 6) is 0.185. The van der Waals surface area contributed by atoms with Gasteiger partial charge in [0, 0.05) is 18.8 Å². The zero-order chi connectivity index (χ0) is 13.8. The number of ketones is 1. The van der Waals surface area contributed by atoms with Gasteiger partial charge in [-0.25, -0.2) is 9.97 Å². The lowest BCUT2D eigenvalue weighted by atomic mass is 10.0. The van der Waals surface area contributed by atoms with Crippen LogP contribution >= 0.6 is 0 Å². The minimum absolute atomic E-state index is 0.0896. The molecule has 1 aromatic carbocycles. The SMILES string of the molecule is COc1nccnc1C(=O)Cc1ccc(C)c(C)c1. The third-order valence-corrected chi connectivity index (χ3v) is 3.06. The summed E-state index contributed by atoms with van der Waals surface area (Å²) >= 11 is 0. The number of aromatic nitrogens is 2. The molecule has 0 saturated heterocycles. The molecular formula is C15H16N2O2. The van der Waals surface area contributed by atoms with Gasteiger partial charge in [-0.3, -0.25) is 4.79 Å². The van der Waals surface area contributed by atoms with Gasteiger partial charge in [0.1, 0.15) is 0 Å². The van der Waals surface area contributed by atoms with Crippen molar-refractivity contribution in [3.63, 3.8) is 0 Å². The molecule has 0 N–H and O–H groups in total. The van der Waals surface area contributed by atoms with Crippen molar-refractivity contribution in [2.45, 2.75) is 20.3 Å². The first kappa shape index (κ1) is 13.2. The largest absolute Gasteiger partial charge is 0.479 e. The molecule has 0 radical (unpaired) electrons. The van der Waals surface area contributed by atoms with Gasteiger partial charge in [0.25, 0.3) is 0 Å². The number of rotatable bonds is 4. The van der Waals surface area contributed by atoms with E-state index in [1.165, 1.54) is 30.6 Å². The Morgan fingerprint density at radius 3 is 2.58 bits per heavy atom. The van der Waals surface area contributed by atoms with Crippen LogP contribution < -0.4 is 4.74 Å². The molecule has 0 spiro atoms. The molecule has 0 atom stereocenters. The second-order valence-corrected chi connectivity index (χ2v) is 4.43. The molecule has 1 heterocycles. The van der Waals surface area contributed by atoms with Crippen molar-refractivity contribution in [1.82, 2.24) is 9.97 Å². The van der Waals surface area contributed by atoms with Crippen molar-refractivity contribution in [2.75, 3.05) is 7.11 Å². The molecule has 0 saturated carbocycles. The molecular weight excluding hydrogens is 240 g/mol. The number of carbonyl (C=O) groups is 1. The zero-order valence-electron chi connectivity index (χ0n) is 11.3. The average Bonchev–Trinajstić information content (AvgIpc) is 2.43. The molecule has 98 valence electrons. The van der Waals surface area contributed by atoms with Gasteiger partial charge in [-0.15, -0.1) is 0 Å². The molecule has 19 heavy (non-hydrogen) atoms. The molecule has 0 aliphatic rings. The molecule has 0 aliphatic heterocycles. The highest BCUT2D eigenvalue weighted by Gasteiger charge is 2.15. The lowest BCUT2D eigenvalue weighted by molar-refractivity contribution is 0.0984. The van der Waals surface area contributed by atoms with E-state index in [4.69, 9.17) is 4.74 Å². The summed E-state index contributed by atoms with van der Waals surface area (Å²) < 4.78 is 5.05. The number of methoxy groups -OCH3 is 1. The first-order chi connectivity index (χ1) is 9.11. The number of ether oxygens (including phenoxy) is 1. The van der Waals surface area contributed by atoms with Crippen molar-refractivity contribution >= 4 is 5.78 Å². The summed E-state index contributed by atoms with van der Waals surface area (Å²) in [4.78, 5) is 20.2. The van der Waals surface area contributed by atoms with E-state index in [2.05, 4.69) is 9.97 Å². The van der Waals surface area contributed by atoms with Crippen molar-refractivity contribution < 1.29 is 9.53 Å². The van der Waals surface area contributed by atoms with E-state index in [9.17, 15) is 4.79 Å². The maximum Gasteiger partial charge on any atom is 0.243 e. The molecule has 0 amide bonds. The smallest absolute Gasteiger partial charge is 0.243 e. The van der Waals surface area contributed by atoms with Crippen LogP contribution in [0.3, 0.4) is 0 Å². The summed E-state index contributed by atoms with van der Waals surface area (Å²) in [6.45, 7) is 4.08. The normalized spacial score (nSPS) is 10.3. The maximum atomic E-state index is 12.2. The van der Waals surface area contributed by atoms with E-state index in [1.54, 1.807) is 0 Å². The van der Waals surface area contributed by atoms with Crippen LogP contribution in [0.1, 0.15) is 27.2 Å². The molecule has 0 fully saturated rings. The van der Waals surface area contributed by atoms with E-state index >= 15 is 0 Å². The fourth-order valence-corrected chi connectivity index (χ4v) is 1.85. The van der Waals surface area contributed by atoms with Gasteiger partial charge in [0.05, 0.1) is 7.11 Å². The maximum absolute atomic E-state index is 12.2. The Morgan fingerprint density at radius 1 is 1.16 bits per heavy atom. The topological polar surface area (TPSA) is 52.1 Å². The second-order valence-electron chi connectivity index (χ2n) is 4.43. The Kier molecular flexibility index (Phi) is 3.90. The number of carbonyl (C=O) groups excluding carboxylic acids is 1. The fourth-order valence-electron chi connectivity index (χ4n) is 1.85. The number of hydrogen-bond donors (Lipinski definition) is 0. The van der Waals surface area contributed by atoms with Gasteiger partial charge < -0.3 is 4.74 Å². The molecule has 1 aromatic heterocycles. The van der Waals surface area contributed by atoms with Gasteiger partial charge in [-0.2, -0.15) is 0 Å². The molecule has 0 unspecified atom stereocenters. The molecule has 0 aliphatic carbocycles. The van der Waals surface area contributed by atoms with E-state index in [1.807, 2.05) is 32.0 Å². The van der Waals surface area contributed by atoms with Crippen LogP contribution in [0.2, 0.25) is 0 Å². The summed E-state index contributed by atoms with van der Waals surface area (Å²) in [7, 11) is 1.48. The zero-order valence-corrected chi connectivity index (χ0v) is 11.3. The molecule has 0 bridgehead atoms. The van der Waals surface area contributed by atoms with Crippen molar-refractivity contribution in [2.24, 2.45) is 0 Å². The van der Waals surface area contributed by atoms with E-state index in [-0.39, 0.29) is 17.4 Å². The number of Topliss-reactive ketones (excluding diaryl/α,β-unsaturated/α-hetero) is 1. The summed E-state index contributed by atoms with van der Waals surface area (Å²) in [5, 5.41) is 0. The van der Waals surface area contributed by atoms with Gasteiger partial charge in [0.15, 0.2) is 11.5 Å². The lowest BCUT2D eigenvalue weighted by Gasteiger charge is -2.06. The number of aryl methyl sites for hydroxylation is 2. The number of nitrogens with zero attached hydrogens (tertiary/aromatic N) is 2. The Morgan fingerprint density at radius 2 is 1.89 bits per heavy atom. The first-order valence-electron chi connectivity index (χ1n) is 6.06. The third-order valence-electron chi connectivity index (χ3n) is 3.06. The van der Waals surface area contributed by atoms with Crippen molar-refractivity contribution in [3.8, 4) is 5.88 Å². The average molecular weight is 256 g/mol. The fraction of sp³-hybridized carbons (Fsp3) is 0.267. The van der Waals surface area contributed by atoms with Crippen LogP contribution in [0.4, 0.5) is 0 Å². The lowest BCUT2D eigenvalue weighted by Crippen LogP contribution is -2.09. The summed E-state index contributed by atoms with van der Waals surface area (Å²) in [5.41, 5.74) is 3.65. The summed E-state index contributed by atoms with van der Waals surface area (Å²) in [6.07, 6.45) is 3.30. The summed E-state index contributed by atoms with van der Waals surface area (Å²) in [6, 6.07) is 6.00. The minimum atomic E-state index is -0.0896. The molecule has 4 nitrogen and oxygen atoms in total. The van der Waals surface area contributed by atoms with Crippen LogP contribution in [0.15, 0.2) is 30.6 Å². The van der Waals surface area contributed by atoms with Crippen LogP contribution in [-0.4, -0.2) is 22.9 Å². The van der Waals surface area contributed by atoms with Crippen LogP contribution in [0.5, 0.6) is 5.88 Å². The molecule has 2 rings (SSSR count). The van der Waals surface area contributed by atoms with Gasteiger partial charge in [-0.1, -0.05) is 18.2 Å². The first-order valence-corrected chi connectivity index (χ1v) is 6.06. The second kappa shape index (κ2) is 5.61. The standard InChI is InChI=1S/C15H16N2O2/c1-10-4-5-12(8-11(10)2)9-13(18)14-15(19-3)17-7-6-16-14/h4-8H,9H2,1-3H3. The number of benzene rings is 1. The third kappa shape index (κ3) is 2.96. The predicted octanol–water partition coefficient (Wildman–Crippen LogP) is 2.53. The minimum Gasteiger partial charge on any atom is -0.479 e. The number of hydrogen-bond acceptors (Lipinski definition) is 4. The Bertz CT molecular complexity index is 609. The van der Waals surface area contributed by atoms with Crippen LogP contribution in [-0.2, 0) is 6.42 Å². The van der Waals surface area contributed by atoms with E-state index in [0.29, 0.717) is 6.42 Å². The van der Waals surface area contributed by atoms with E-state index < -0.39 is 0 Å².